The van der Waals surface area contributed by atoms with Crippen LogP contribution < -0.4 is 0 Å². The Bertz CT molecular complexity index is 516. The van der Waals surface area contributed by atoms with Gasteiger partial charge >= 0.3 is 0 Å². The highest BCUT2D eigenvalue weighted by Crippen LogP contribution is 2.23. The maximum atomic E-state index is 10.8. The van der Waals surface area contributed by atoms with Gasteiger partial charge in [-0.2, -0.15) is 0 Å². The van der Waals surface area contributed by atoms with Crippen LogP contribution in [-0.2, 0) is 27.4 Å². The van der Waals surface area contributed by atoms with Crippen LogP contribution in [0.15, 0.2) is 18.2 Å². The SMILES string of the molecule is O=[N+]([O-])c1ccc2c(c1)CO[C@@H](CN1CCOCC1)OC2. The van der Waals surface area contributed by atoms with Crippen LogP contribution in [0.5, 0.6) is 0 Å². The highest BCUT2D eigenvalue weighted by Gasteiger charge is 2.22. The number of nitro benzene ring substituents is 1. The lowest BCUT2D eigenvalue weighted by molar-refractivity contribution is -0.385. The van der Waals surface area contributed by atoms with Crippen molar-refractivity contribution in [1.82, 2.24) is 4.90 Å². The highest BCUT2D eigenvalue weighted by atomic mass is 16.7. The fourth-order valence-corrected chi connectivity index (χ4v) is 2.51. The van der Waals surface area contributed by atoms with Crippen molar-refractivity contribution in [3.8, 4) is 0 Å². The van der Waals surface area contributed by atoms with E-state index in [4.69, 9.17) is 14.2 Å². The van der Waals surface area contributed by atoms with Crippen molar-refractivity contribution in [2.45, 2.75) is 19.5 Å². The fraction of sp³-hybridized carbons (Fsp3) is 0.571. The van der Waals surface area contributed by atoms with Gasteiger partial charge < -0.3 is 14.2 Å². The topological polar surface area (TPSA) is 74.1 Å². The fourth-order valence-electron chi connectivity index (χ4n) is 2.51. The predicted octanol–water partition coefficient (Wildman–Crippen LogP) is 1.30. The van der Waals surface area contributed by atoms with E-state index in [0.717, 1.165) is 37.4 Å². The third-order valence-corrected chi connectivity index (χ3v) is 3.76. The highest BCUT2D eigenvalue weighted by molar-refractivity contribution is 5.39. The smallest absolute Gasteiger partial charge is 0.269 e. The summed E-state index contributed by atoms with van der Waals surface area (Å²) in [4.78, 5) is 12.7. The minimum Gasteiger partial charge on any atom is -0.379 e. The molecular formula is C14H18N2O5. The molecule has 0 spiro atoms. The molecule has 0 aromatic heterocycles. The molecule has 0 saturated carbocycles. The van der Waals surface area contributed by atoms with Crippen molar-refractivity contribution in [2.75, 3.05) is 32.8 Å². The van der Waals surface area contributed by atoms with E-state index in [1.807, 2.05) is 0 Å². The lowest BCUT2D eigenvalue weighted by Crippen LogP contribution is -2.42. The summed E-state index contributed by atoms with van der Waals surface area (Å²) < 4.78 is 16.8. The largest absolute Gasteiger partial charge is 0.379 e. The first kappa shape index (κ1) is 14.4. The minimum absolute atomic E-state index is 0.0870. The Labute approximate surface area is 122 Å². The van der Waals surface area contributed by atoms with Crippen molar-refractivity contribution < 1.29 is 19.1 Å². The molecule has 3 rings (SSSR count). The second kappa shape index (κ2) is 6.48. The Morgan fingerprint density at radius 2 is 1.90 bits per heavy atom. The van der Waals surface area contributed by atoms with E-state index < -0.39 is 4.92 Å². The van der Waals surface area contributed by atoms with Gasteiger partial charge in [0.15, 0.2) is 6.29 Å². The second-order valence-electron chi connectivity index (χ2n) is 5.17. The first-order valence-corrected chi connectivity index (χ1v) is 7.02. The van der Waals surface area contributed by atoms with Gasteiger partial charge in [0.2, 0.25) is 0 Å². The van der Waals surface area contributed by atoms with E-state index in [1.54, 1.807) is 12.1 Å². The summed E-state index contributed by atoms with van der Waals surface area (Å²) in [6.07, 6.45) is -0.311. The number of hydrogen-bond acceptors (Lipinski definition) is 6. The average molecular weight is 294 g/mol. The quantitative estimate of drug-likeness (QED) is 0.618. The van der Waals surface area contributed by atoms with Gasteiger partial charge in [0, 0.05) is 31.8 Å². The summed E-state index contributed by atoms with van der Waals surface area (Å²) in [5.74, 6) is 0. The molecule has 1 aromatic rings. The summed E-state index contributed by atoms with van der Waals surface area (Å²) >= 11 is 0. The first-order chi connectivity index (χ1) is 10.2. The molecule has 0 amide bonds. The standard InChI is InChI=1S/C14H18N2O5/c17-16(18)13-2-1-11-9-20-14(21-10-12(11)7-13)8-15-3-5-19-6-4-15/h1-2,7,14H,3-6,8-10H2/t14-/m0/s1. The Morgan fingerprint density at radius 3 is 2.62 bits per heavy atom. The monoisotopic (exact) mass is 294 g/mol. The van der Waals surface area contributed by atoms with Crippen molar-refractivity contribution in [1.29, 1.82) is 0 Å². The summed E-state index contributed by atoms with van der Waals surface area (Å²) in [7, 11) is 0. The molecule has 0 bridgehead atoms. The summed E-state index contributed by atoms with van der Waals surface area (Å²) in [5, 5.41) is 10.8. The maximum absolute atomic E-state index is 10.8. The molecule has 0 radical (unpaired) electrons. The molecule has 0 unspecified atom stereocenters. The van der Waals surface area contributed by atoms with E-state index in [9.17, 15) is 10.1 Å². The third kappa shape index (κ3) is 3.56. The van der Waals surface area contributed by atoms with Crippen LogP contribution in [0.4, 0.5) is 5.69 Å². The molecule has 114 valence electrons. The number of nitro groups is 1. The molecule has 7 nitrogen and oxygen atoms in total. The lowest BCUT2D eigenvalue weighted by Gasteiger charge is -2.29. The Morgan fingerprint density at radius 1 is 1.19 bits per heavy atom. The number of rotatable bonds is 3. The van der Waals surface area contributed by atoms with Gasteiger partial charge in [0.25, 0.3) is 5.69 Å². The molecule has 7 heteroatoms. The van der Waals surface area contributed by atoms with Crippen LogP contribution in [-0.4, -0.2) is 49.0 Å². The molecular weight excluding hydrogens is 276 g/mol. The molecule has 1 fully saturated rings. The van der Waals surface area contributed by atoms with Crippen molar-refractivity contribution in [3.63, 3.8) is 0 Å². The van der Waals surface area contributed by atoms with E-state index in [2.05, 4.69) is 4.90 Å². The predicted molar refractivity (Wildman–Crippen MR) is 73.7 cm³/mol. The van der Waals surface area contributed by atoms with Gasteiger partial charge in [-0.3, -0.25) is 15.0 Å². The third-order valence-electron chi connectivity index (χ3n) is 3.76. The Hall–Kier alpha value is -1.54. The van der Waals surface area contributed by atoms with E-state index in [1.165, 1.54) is 6.07 Å². The van der Waals surface area contributed by atoms with E-state index >= 15 is 0 Å². The zero-order chi connectivity index (χ0) is 14.7. The van der Waals surface area contributed by atoms with Crippen molar-refractivity contribution >= 4 is 5.69 Å². The molecule has 2 aliphatic rings. The summed E-state index contributed by atoms with van der Waals surface area (Å²) in [6.45, 7) is 4.68. The molecule has 1 saturated heterocycles. The Kier molecular flexibility index (Phi) is 4.45. The zero-order valence-electron chi connectivity index (χ0n) is 11.7. The number of morpholine rings is 1. The van der Waals surface area contributed by atoms with Crippen LogP contribution in [0.25, 0.3) is 0 Å². The maximum Gasteiger partial charge on any atom is 0.269 e. The number of non-ortho nitro benzene ring substituents is 1. The number of nitrogens with zero attached hydrogens (tertiary/aromatic N) is 2. The van der Waals surface area contributed by atoms with Gasteiger partial charge in [-0.25, -0.2) is 0 Å². The first-order valence-electron chi connectivity index (χ1n) is 7.02. The molecule has 1 aromatic carbocycles. The van der Waals surface area contributed by atoms with E-state index in [-0.39, 0.29) is 12.0 Å². The van der Waals surface area contributed by atoms with Gasteiger partial charge in [-0.05, 0) is 17.2 Å². The number of benzene rings is 1. The molecule has 2 aliphatic heterocycles. The van der Waals surface area contributed by atoms with E-state index in [0.29, 0.717) is 19.8 Å². The van der Waals surface area contributed by atoms with Crippen LogP contribution in [0.1, 0.15) is 11.1 Å². The second-order valence-corrected chi connectivity index (χ2v) is 5.17. The van der Waals surface area contributed by atoms with Gasteiger partial charge in [-0.15, -0.1) is 0 Å². The molecule has 2 heterocycles. The molecule has 0 N–H and O–H groups in total. The van der Waals surface area contributed by atoms with Crippen LogP contribution in [0.3, 0.4) is 0 Å². The van der Waals surface area contributed by atoms with Crippen molar-refractivity contribution in [3.05, 3.63) is 39.4 Å². The van der Waals surface area contributed by atoms with Gasteiger partial charge in [0.05, 0.1) is 31.4 Å². The zero-order valence-corrected chi connectivity index (χ0v) is 11.7. The summed E-state index contributed by atoms with van der Waals surface area (Å²) in [5.41, 5.74) is 1.86. The van der Waals surface area contributed by atoms with Crippen LogP contribution >= 0.6 is 0 Å². The number of hydrogen-bond donors (Lipinski definition) is 0. The Balaban J connectivity index is 1.63. The van der Waals surface area contributed by atoms with Crippen LogP contribution in [0.2, 0.25) is 0 Å². The minimum atomic E-state index is -0.392. The normalized spacial score (nSPS) is 23.3. The summed E-state index contributed by atoms with van der Waals surface area (Å²) in [6, 6.07) is 4.81. The number of fused-ring (bicyclic) bond motifs is 1. The molecule has 21 heavy (non-hydrogen) atoms. The van der Waals surface area contributed by atoms with Crippen LogP contribution in [0, 0.1) is 10.1 Å². The van der Waals surface area contributed by atoms with Gasteiger partial charge in [0.1, 0.15) is 0 Å². The molecule has 1 atom stereocenters. The lowest BCUT2D eigenvalue weighted by atomic mass is 10.1. The molecule has 0 aliphatic carbocycles. The van der Waals surface area contributed by atoms with Crippen molar-refractivity contribution in [2.24, 2.45) is 0 Å². The average Bonchev–Trinajstić information content (AvgIpc) is 2.70. The number of ether oxygens (including phenoxy) is 3. The van der Waals surface area contributed by atoms with Gasteiger partial charge in [-0.1, -0.05) is 0 Å².